The Kier molecular flexibility index (Phi) is 6.31. The van der Waals surface area contributed by atoms with Gasteiger partial charge in [0.2, 0.25) is 0 Å². The SMILES string of the molecule is Cc1ccc(Nc2c(C(=O)NOC(CO)CO)c3c(n2C)C(=O)CCC3)c(F)c1. The Labute approximate surface area is 167 Å². The van der Waals surface area contributed by atoms with Crippen molar-refractivity contribution >= 4 is 23.2 Å². The van der Waals surface area contributed by atoms with Crippen molar-refractivity contribution in [2.75, 3.05) is 18.5 Å². The molecule has 1 aromatic carbocycles. The number of fused-ring (bicyclic) bond motifs is 1. The number of halogens is 1. The van der Waals surface area contributed by atoms with Crippen LogP contribution in [0.3, 0.4) is 0 Å². The van der Waals surface area contributed by atoms with Crippen molar-refractivity contribution in [3.63, 3.8) is 0 Å². The van der Waals surface area contributed by atoms with Crippen molar-refractivity contribution < 1.29 is 29.0 Å². The molecule has 0 saturated heterocycles. The maximum Gasteiger partial charge on any atom is 0.278 e. The van der Waals surface area contributed by atoms with Gasteiger partial charge in [0.1, 0.15) is 17.7 Å². The third-order valence-electron chi connectivity index (χ3n) is 4.92. The number of Topliss-reactive ketones (excluding diaryl/α,β-unsaturated/α-hetero) is 1. The molecule has 1 heterocycles. The summed E-state index contributed by atoms with van der Waals surface area (Å²) in [7, 11) is 1.64. The Morgan fingerprint density at radius 3 is 2.69 bits per heavy atom. The quantitative estimate of drug-likeness (QED) is 0.522. The molecular weight excluding hydrogens is 381 g/mol. The number of carbonyl (C=O) groups is 2. The third kappa shape index (κ3) is 4.16. The Bertz CT molecular complexity index is 937. The zero-order valence-electron chi connectivity index (χ0n) is 16.3. The highest BCUT2D eigenvalue weighted by molar-refractivity contribution is 6.07. The van der Waals surface area contributed by atoms with Crippen LogP contribution < -0.4 is 10.8 Å². The fraction of sp³-hybridized carbons (Fsp3) is 0.400. The number of hydrogen-bond donors (Lipinski definition) is 4. The van der Waals surface area contributed by atoms with Gasteiger partial charge in [0, 0.05) is 13.5 Å². The molecule has 9 heteroatoms. The molecule has 2 aromatic rings. The van der Waals surface area contributed by atoms with E-state index in [0.717, 1.165) is 5.56 Å². The second-order valence-electron chi connectivity index (χ2n) is 7.03. The lowest BCUT2D eigenvalue weighted by Crippen LogP contribution is -2.34. The minimum absolute atomic E-state index is 0.0928. The lowest BCUT2D eigenvalue weighted by atomic mass is 9.93. The summed E-state index contributed by atoms with van der Waals surface area (Å²) >= 11 is 0. The van der Waals surface area contributed by atoms with Crippen molar-refractivity contribution in [3.05, 3.63) is 46.4 Å². The Morgan fingerprint density at radius 1 is 1.31 bits per heavy atom. The monoisotopic (exact) mass is 405 g/mol. The van der Waals surface area contributed by atoms with Gasteiger partial charge in [-0.25, -0.2) is 9.87 Å². The van der Waals surface area contributed by atoms with Gasteiger partial charge in [-0.3, -0.25) is 14.4 Å². The molecule has 29 heavy (non-hydrogen) atoms. The molecule has 0 radical (unpaired) electrons. The van der Waals surface area contributed by atoms with Gasteiger partial charge in [0.25, 0.3) is 5.91 Å². The number of benzene rings is 1. The zero-order valence-corrected chi connectivity index (χ0v) is 16.3. The van der Waals surface area contributed by atoms with E-state index < -0.39 is 31.0 Å². The van der Waals surface area contributed by atoms with Crippen LogP contribution in [0.25, 0.3) is 0 Å². The number of nitrogens with zero attached hydrogens (tertiary/aromatic N) is 1. The standard InChI is InChI=1S/C20H24FN3O5/c1-11-6-7-15(14(21)8-11)22-19-17(20(28)23-29-12(9-25)10-26)13-4-3-5-16(27)18(13)24(19)2/h6-8,12,22,25-26H,3-5,9-10H2,1-2H3,(H,23,28). The number of aryl methyl sites for hydroxylation is 1. The molecule has 1 aliphatic rings. The van der Waals surface area contributed by atoms with Crippen LogP contribution in [0.15, 0.2) is 18.2 Å². The number of ketones is 1. The third-order valence-corrected chi connectivity index (χ3v) is 4.92. The molecule has 1 amide bonds. The average Bonchev–Trinajstić information content (AvgIpc) is 2.97. The summed E-state index contributed by atoms with van der Waals surface area (Å²) in [5, 5.41) is 21.1. The van der Waals surface area contributed by atoms with E-state index in [1.165, 1.54) is 6.07 Å². The molecule has 1 aromatic heterocycles. The van der Waals surface area contributed by atoms with Crippen molar-refractivity contribution in [1.29, 1.82) is 0 Å². The number of rotatable bonds is 7. The molecule has 0 unspecified atom stereocenters. The topological polar surface area (TPSA) is 113 Å². The molecule has 0 atom stereocenters. The number of aromatic nitrogens is 1. The number of aliphatic hydroxyl groups is 2. The first kappa shape index (κ1) is 21.0. The van der Waals surface area contributed by atoms with Gasteiger partial charge in [-0.1, -0.05) is 6.07 Å². The number of amides is 1. The summed E-state index contributed by atoms with van der Waals surface area (Å²) in [6, 6.07) is 4.66. The number of nitrogens with one attached hydrogen (secondary N) is 2. The van der Waals surface area contributed by atoms with E-state index >= 15 is 0 Å². The maximum absolute atomic E-state index is 14.4. The molecule has 1 aliphatic carbocycles. The predicted octanol–water partition coefficient (Wildman–Crippen LogP) is 1.75. The Hall–Kier alpha value is -2.75. The largest absolute Gasteiger partial charge is 0.393 e. The number of hydroxylamine groups is 1. The smallest absolute Gasteiger partial charge is 0.278 e. The van der Waals surface area contributed by atoms with Crippen LogP contribution >= 0.6 is 0 Å². The van der Waals surface area contributed by atoms with Crippen molar-refractivity contribution in [3.8, 4) is 0 Å². The van der Waals surface area contributed by atoms with Gasteiger partial charge in [0.05, 0.1) is 30.2 Å². The van der Waals surface area contributed by atoms with Crippen LogP contribution in [0.2, 0.25) is 0 Å². The number of carbonyl (C=O) groups excluding carboxylic acids is 2. The van der Waals surface area contributed by atoms with E-state index in [-0.39, 0.29) is 22.9 Å². The molecular formula is C20H24FN3O5. The van der Waals surface area contributed by atoms with E-state index in [4.69, 9.17) is 15.1 Å². The molecule has 0 spiro atoms. The highest BCUT2D eigenvalue weighted by Gasteiger charge is 2.32. The highest BCUT2D eigenvalue weighted by Crippen LogP contribution is 2.34. The zero-order chi connectivity index (χ0) is 21.1. The number of aliphatic hydroxyl groups excluding tert-OH is 2. The normalized spacial score (nSPS) is 13.5. The fourth-order valence-electron chi connectivity index (χ4n) is 3.45. The van der Waals surface area contributed by atoms with E-state index in [1.807, 2.05) is 0 Å². The minimum Gasteiger partial charge on any atom is -0.393 e. The molecule has 0 bridgehead atoms. The second kappa shape index (κ2) is 8.73. The second-order valence-corrected chi connectivity index (χ2v) is 7.03. The highest BCUT2D eigenvalue weighted by atomic mass is 19.1. The summed E-state index contributed by atoms with van der Waals surface area (Å²) in [5.41, 5.74) is 4.26. The predicted molar refractivity (Wildman–Crippen MR) is 104 cm³/mol. The molecule has 8 nitrogen and oxygen atoms in total. The molecule has 156 valence electrons. The van der Waals surface area contributed by atoms with Crippen molar-refractivity contribution in [2.45, 2.75) is 32.3 Å². The molecule has 0 fully saturated rings. The summed E-state index contributed by atoms with van der Waals surface area (Å²) in [5.74, 6) is -0.972. The summed E-state index contributed by atoms with van der Waals surface area (Å²) in [6.45, 7) is 0.797. The van der Waals surface area contributed by atoms with Gasteiger partial charge in [-0.2, -0.15) is 0 Å². The number of hydrogen-bond acceptors (Lipinski definition) is 6. The summed E-state index contributed by atoms with van der Waals surface area (Å²) in [4.78, 5) is 30.4. The van der Waals surface area contributed by atoms with Crippen molar-refractivity contribution in [1.82, 2.24) is 10.0 Å². The fourth-order valence-corrected chi connectivity index (χ4v) is 3.45. The van der Waals surface area contributed by atoms with Crippen LogP contribution in [-0.4, -0.2) is 45.8 Å². The summed E-state index contributed by atoms with van der Waals surface area (Å²) < 4.78 is 15.9. The van der Waals surface area contributed by atoms with Gasteiger partial charge >= 0.3 is 0 Å². The first-order valence-corrected chi connectivity index (χ1v) is 9.33. The van der Waals surface area contributed by atoms with E-state index in [2.05, 4.69) is 10.8 Å². The maximum atomic E-state index is 14.4. The van der Waals surface area contributed by atoms with Gasteiger partial charge in [-0.15, -0.1) is 0 Å². The molecule has 4 N–H and O–H groups in total. The van der Waals surface area contributed by atoms with Crippen LogP contribution in [0.1, 0.15) is 44.8 Å². The minimum atomic E-state index is -0.980. The molecule has 3 rings (SSSR count). The molecule has 0 saturated carbocycles. The van der Waals surface area contributed by atoms with Crippen LogP contribution in [0.5, 0.6) is 0 Å². The van der Waals surface area contributed by atoms with Gasteiger partial charge < -0.3 is 20.1 Å². The van der Waals surface area contributed by atoms with E-state index in [1.54, 1.807) is 30.7 Å². The number of anilines is 2. The van der Waals surface area contributed by atoms with E-state index in [9.17, 15) is 14.0 Å². The first-order chi connectivity index (χ1) is 13.9. The Morgan fingerprint density at radius 2 is 2.03 bits per heavy atom. The van der Waals surface area contributed by atoms with E-state index in [0.29, 0.717) is 30.5 Å². The van der Waals surface area contributed by atoms with Crippen LogP contribution in [0, 0.1) is 12.7 Å². The van der Waals surface area contributed by atoms with Gasteiger partial charge in [0.15, 0.2) is 5.78 Å². The van der Waals surface area contributed by atoms with Crippen LogP contribution in [-0.2, 0) is 18.3 Å². The molecule has 0 aliphatic heterocycles. The van der Waals surface area contributed by atoms with Crippen molar-refractivity contribution in [2.24, 2.45) is 7.05 Å². The average molecular weight is 405 g/mol. The van der Waals surface area contributed by atoms with Gasteiger partial charge in [-0.05, 0) is 43.0 Å². The lowest BCUT2D eigenvalue weighted by molar-refractivity contribution is -0.0618. The first-order valence-electron chi connectivity index (χ1n) is 9.33. The lowest BCUT2D eigenvalue weighted by Gasteiger charge is -2.15. The van der Waals surface area contributed by atoms with Crippen LogP contribution in [0.4, 0.5) is 15.9 Å². The summed E-state index contributed by atoms with van der Waals surface area (Å²) in [6.07, 6.45) is 0.508. The Balaban J connectivity index is 2.02.